The minimum Gasteiger partial charge on any atom is -0.383 e. The van der Waals surface area contributed by atoms with E-state index in [0.29, 0.717) is 16.3 Å². The number of nitrogens with one attached hydrogen (secondary N) is 1. The van der Waals surface area contributed by atoms with Crippen LogP contribution in [0, 0.1) is 6.92 Å². The van der Waals surface area contributed by atoms with E-state index in [9.17, 15) is 4.79 Å². The van der Waals surface area contributed by atoms with E-state index in [-0.39, 0.29) is 11.7 Å². The largest absolute Gasteiger partial charge is 0.383 e. The van der Waals surface area contributed by atoms with Gasteiger partial charge in [0.1, 0.15) is 11.4 Å². The third-order valence-corrected chi connectivity index (χ3v) is 2.93. The van der Waals surface area contributed by atoms with E-state index in [0.717, 1.165) is 5.56 Å². The zero-order valence-electron chi connectivity index (χ0n) is 10.4. The summed E-state index contributed by atoms with van der Waals surface area (Å²) in [5.41, 5.74) is 7.62. The molecule has 1 amide bonds. The summed E-state index contributed by atoms with van der Waals surface area (Å²) >= 11 is 5.90. The number of nitrogens with zero attached hydrogens (tertiary/aromatic N) is 2. The first-order valence-electron chi connectivity index (χ1n) is 5.56. The van der Waals surface area contributed by atoms with E-state index < -0.39 is 0 Å². The lowest BCUT2D eigenvalue weighted by Crippen LogP contribution is -2.14. The third kappa shape index (κ3) is 2.61. The minimum atomic E-state index is -0.337. The molecule has 1 aromatic heterocycles. The smallest absolute Gasteiger partial charge is 0.261 e. The van der Waals surface area contributed by atoms with Crippen LogP contribution in [0.25, 0.3) is 6.20 Å². The van der Waals surface area contributed by atoms with Crippen molar-refractivity contribution >= 4 is 35.2 Å². The maximum Gasteiger partial charge on any atom is 0.261 e. The highest BCUT2D eigenvalue weighted by molar-refractivity contribution is 6.31. The van der Waals surface area contributed by atoms with Gasteiger partial charge >= 0.3 is 0 Å². The number of aromatic nitrogens is 2. The standard InChI is InChI=1S/C13H13ClN4O/c1-3-18-12(15)10(7-16-18)13(19)17-11-6-9(14)5-4-8(11)2/h3-7H,1,15H2,2H3,(H,17,19). The van der Waals surface area contributed by atoms with Gasteiger partial charge in [0.15, 0.2) is 0 Å². The Labute approximate surface area is 115 Å². The summed E-state index contributed by atoms with van der Waals surface area (Å²) in [4.78, 5) is 12.1. The van der Waals surface area contributed by atoms with Crippen molar-refractivity contribution in [3.05, 3.63) is 47.1 Å². The van der Waals surface area contributed by atoms with Gasteiger partial charge in [0.05, 0.1) is 6.20 Å². The predicted molar refractivity (Wildman–Crippen MR) is 77.2 cm³/mol. The quantitative estimate of drug-likeness (QED) is 0.905. The van der Waals surface area contributed by atoms with Crippen LogP contribution in [0.2, 0.25) is 5.02 Å². The van der Waals surface area contributed by atoms with Crippen LogP contribution >= 0.6 is 11.6 Å². The lowest BCUT2D eigenvalue weighted by atomic mass is 10.2. The molecule has 0 aliphatic carbocycles. The van der Waals surface area contributed by atoms with Gasteiger partial charge in [0.25, 0.3) is 5.91 Å². The predicted octanol–water partition coefficient (Wildman–Crippen LogP) is 2.78. The molecular weight excluding hydrogens is 264 g/mol. The molecule has 98 valence electrons. The van der Waals surface area contributed by atoms with Gasteiger partial charge in [-0.05, 0) is 24.6 Å². The number of nitrogen functional groups attached to an aromatic ring is 1. The molecule has 3 N–H and O–H groups in total. The van der Waals surface area contributed by atoms with Crippen LogP contribution in [0.3, 0.4) is 0 Å². The van der Waals surface area contributed by atoms with Crippen LogP contribution in [0.15, 0.2) is 31.0 Å². The van der Waals surface area contributed by atoms with E-state index in [1.165, 1.54) is 17.1 Å². The van der Waals surface area contributed by atoms with Crippen molar-refractivity contribution < 1.29 is 4.79 Å². The number of nitrogens with two attached hydrogens (primary N) is 1. The van der Waals surface area contributed by atoms with E-state index in [4.69, 9.17) is 17.3 Å². The Kier molecular flexibility index (Phi) is 3.57. The molecular formula is C13H13ClN4O. The summed E-state index contributed by atoms with van der Waals surface area (Å²) < 4.78 is 1.33. The van der Waals surface area contributed by atoms with Crippen molar-refractivity contribution in [2.75, 3.05) is 11.1 Å². The zero-order chi connectivity index (χ0) is 14.0. The van der Waals surface area contributed by atoms with Crippen molar-refractivity contribution in [2.45, 2.75) is 6.92 Å². The number of carbonyl (C=O) groups is 1. The lowest BCUT2D eigenvalue weighted by Gasteiger charge is -2.08. The second-order valence-electron chi connectivity index (χ2n) is 3.98. The van der Waals surface area contributed by atoms with Crippen molar-refractivity contribution in [3.63, 3.8) is 0 Å². The van der Waals surface area contributed by atoms with Crippen LogP contribution < -0.4 is 11.1 Å². The molecule has 0 aliphatic heterocycles. The number of rotatable bonds is 3. The van der Waals surface area contributed by atoms with Crippen LogP contribution in [-0.4, -0.2) is 15.7 Å². The Morgan fingerprint density at radius 2 is 2.32 bits per heavy atom. The molecule has 1 aromatic carbocycles. The number of aryl methyl sites for hydroxylation is 1. The Morgan fingerprint density at radius 1 is 1.58 bits per heavy atom. The molecule has 2 aromatic rings. The highest BCUT2D eigenvalue weighted by Gasteiger charge is 2.15. The second-order valence-corrected chi connectivity index (χ2v) is 4.42. The zero-order valence-corrected chi connectivity index (χ0v) is 11.1. The molecule has 0 unspecified atom stereocenters. The Bertz CT molecular complexity index is 648. The Hall–Kier alpha value is -2.27. The third-order valence-electron chi connectivity index (χ3n) is 2.70. The molecule has 0 aliphatic rings. The first-order chi connectivity index (χ1) is 9.02. The van der Waals surface area contributed by atoms with Crippen molar-refractivity contribution in [1.82, 2.24) is 9.78 Å². The maximum atomic E-state index is 12.1. The van der Waals surface area contributed by atoms with Crippen molar-refractivity contribution in [1.29, 1.82) is 0 Å². The molecule has 2 rings (SSSR count). The van der Waals surface area contributed by atoms with Crippen LogP contribution in [0.4, 0.5) is 11.5 Å². The monoisotopic (exact) mass is 276 g/mol. The fourth-order valence-electron chi connectivity index (χ4n) is 1.61. The van der Waals surface area contributed by atoms with Crippen LogP contribution in [-0.2, 0) is 0 Å². The molecule has 0 radical (unpaired) electrons. The van der Waals surface area contributed by atoms with E-state index >= 15 is 0 Å². The molecule has 0 bridgehead atoms. The van der Waals surface area contributed by atoms with Crippen molar-refractivity contribution in [3.8, 4) is 0 Å². The molecule has 0 fully saturated rings. The topological polar surface area (TPSA) is 72.9 Å². The normalized spacial score (nSPS) is 10.2. The first kappa shape index (κ1) is 13.2. The highest BCUT2D eigenvalue weighted by Crippen LogP contribution is 2.21. The Morgan fingerprint density at radius 3 is 2.95 bits per heavy atom. The van der Waals surface area contributed by atoms with Gasteiger partial charge in [-0.2, -0.15) is 5.10 Å². The number of hydrogen-bond donors (Lipinski definition) is 2. The average Bonchev–Trinajstić information content (AvgIpc) is 2.75. The number of benzene rings is 1. The molecule has 0 saturated heterocycles. The molecule has 5 nitrogen and oxygen atoms in total. The summed E-state index contributed by atoms with van der Waals surface area (Å²) in [6, 6.07) is 5.27. The SMILES string of the molecule is C=Cn1ncc(C(=O)Nc2cc(Cl)ccc2C)c1N. The molecule has 19 heavy (non-hydrogen) atoms. The van der Waals surface area contributed by atoms with Gasteiger partial charge in [-0.15, -0.1) is 0 Å². The number of halogens is 1. The van der Waals surface area contributed by atoms with E-state index in [1.54, 1.807) is 12.1 Å². The maximum absolute atomic E-state index is 12.1. The minimum absolute atomic E-state index is 0.243. The fourth-order valence-corrected chi connectivity index (χ4v) is 1.78. The van der Waals surface area contributed by atoms with E-state index in [1.807, 2.05) is 13.0 Å². The molecule has 6 heteroatoms. The number of anilines is 2. The van der Waals surface area contributed by atoms with Gasteiger partial charge in [-0.1, -0.05) is 24.2 Å². The summed E-state index contributed by atoms with van der Waals surface area (Å²) in [6.07, 6.45) is 2.82. The average molecular weight is 277 g/mol. The van der Waals surface area contributed by atoms with Gasteiger partial charge in [-0.25, -0.2) is 4.68 Å². The van der Waals surface area contributed by atoms with Gasteiger partial charge < -0.3 is 11.1 Å². The first-order valence-corrected chi connectivity index (χ1v) is 5.93. The summed E-state index contributed by atoms with van der Waals surface area (Å²) in [7, 11) is 0. The van der Waals surface area contributed by atoms with Crippen LogP contribution in [0.1, 0.15) is 15.9 Å². The Balaban J connectivity index is 2.28. The van der Waals surface area contributed by atoms with Crippen molar-refractivity contribution in [2.24, 2.45) is 0 Å². The highest BCUT2D eigenvalue weighted by atomic mass is 35.5. The number of hydrogen-bond acceptors (Lipinski definition) is 3. The van der Waals surface area contributed by atoms with Gasteiger partial charge in [0, 0.05) is 16.9 Å². The van der Waals surface area contributed by atoms with E-state index in [2.05, 4.69) is 17.0 Å². The fraction of sp³-hybridized carbons (Fsp3) is 0.0769. The molecule has 0 spiro atoms. The molecule has 0 atom stereocenters. The number of amides is 1. The number of carbonyl (C=O) groups excluding carboxylic acids is 1. The summed E-state index contributed by atoms with van der Waals surface area (Å²) in [5, 5.41) is 7.23. The second kappa shape index (κ2) is 5.16. The van der Waals surface area contributed by atoms with Gasteiger partial charge in [0.2, 0.25) is 0 Å². The molecule has 1 heterocycles. The van der Waals surface area contributed by atoms with Crippen LogP contribution in [0.5, 0.6) is 0 Å². The lowest BCUT2D eigenvalue weighted by molar-refractivity contribution is 0.102. The van der Waals surface area contributed by atoms with Gasteiger partial charge in [-0.3, -0.25) is 4.79 Å². The summed E-state index contributed by atoms with van der Waals surface area (Å²) in [6.45, 7) is 5.42. The molecule has 0 saturated carbocycles. The summed E-state index contributed by atoms with van der Waals surface area (Å²) in [5.74, 6) is -0.0943.